The normalized spacial score (nSPS) is 21.0. The molecule has 2 fully saturated rings. The second kappa shape index (κ2) is 20.8. The van der Waals surface area contributed by atoms with Crippen LogP contribution in [0.1, 0.15) is 70.9 Å². The van der Waals surface area contributed by atoms with Gasteiger partial charge in [0.05, 0.1) is 22.3 Å². The summed E-state index contributed by atoms with van der Waals surface area (Å²) in [6, 6.07) is 11.1. The molecule has 2 saturated heterocycles. The SMILES string of the molecule is CCN(CCCCCC(=O)NCCCCCCNc1nc2c(N)ncnc2n1[C@@H]1O[C@@H]2COP(=O)(O)O[C@H]2[C@H]1O)c1ccc2cc(-c3cc[n+](CCCS(=O)(=O)[O-])cc3)c(=O)oc2c1. The van der Waals surface area contributed by atoms with Crippen molar-refractivity contribution >= 4 is 63.4 Å². The monoisotopic (exact) mass is 927 g/mol. The second-order valence-corrected chi connectivity index (χ2v) is 18.7. The first-order chi connectivity index (χ1) is 30.7. The number of phosphoric acid groups is 1. The van der Waals surface area contributed by atoms with Crippen molar-refractivity contribution < 1.29 is 55.1 Å². The lowest BCUT2D eigenvalue weighted by Crippen LogP contribution is -2.39. The van der Waals surface area contributed by atoms with Crippen LogP contribution in [-0.2, 0) is 39.8 Å². The van der Waals surface area contributed by atoms with Gasteiger partial charge in [-0.05, 0) is 50.8 Å². The molecule has 21 nitrogen and oxygen atoms in total. The number of ether oxygens (including phenoxy) is 1. The number of nitrogens with zero attached hydrogens (tertiary/aromatic N) is 6. The van der Waals surface area contributed by atoms with Crippen LogP contribution in [0.3, 0.4) is 0 Å². The van der Waals surface area contributed by atoms with E-state index in [-0.39, 0.29) is 24.8 Å². The molecule has 0 radical (unpaired) electrons. The molecule has 0 bridgehead atoms. The molecule has 0 saturated carbocycles. The van der Waals surface area contributed by atoms with Gasteiger partial charge < -0.3 is 45.0 Å². The summed E-state index contributed by atoms with van der Waals surface area (Å²) in [5, 5.41) is 18.1. The predicted molar refractivity (Wildman–Crippen MR) is 234 cm³/mol. The Bertz CT molecular complexity index is 2630. The van der Waals surface area contributed by atoms with Gasteiger partial charge in [-0.2, -0.15) is 0 Å². The maximum Gasteiger partial charge on any atom is 0.472 e. The molecular formula is C41H54N9O12PS. The van der Waals surface area contributed by atoms with E-state index < -0.39 is 53.9 Å². The van der Waals surface area contributed by atoms with Crippen LogP contribution < -0.4 is 31.5 Å². The highest BCUT2D eigenvalue weighted by Gasteiger charge is 2.53. The number of phosphoric ester groups is 1. The number of rotatable bonds is 22. The smallest absolute Gasteiger partial charge is 0.472 e. The molecule has 7 rings (SSSR count). The lowest BCUT2D eigenvalue weighted by Gasteiger charge is -2.27. The number of aromatic nitrogens is 5. The first-order valence-electron chi connectivity index (χ1n) is 21.4. The van der Waals surface area contributed by atoms with Gasteiger partial charge in [0.15, 0.2) is 35.6 Å². The van der Waals surface area contributed by atoms with E-state index in [0.717, 1.165) is 69.1 Å². The number of benzene rings is 1. The van der Waals surface area contributed by atoms with Crippen molar-refractivity contribution in [1.29, 1.82) is 0 Å². The number of nitrogen functional groups attached to an aromatic ring is 1. The molecule has 23 heteroatoms. The minimum absolute atomic E-state index is 0.0253. The number of nitrogens with two attached hydrogens (primary N) is 1. The van der Waals surface area contributed by atoms with Gasteiger partial charge in [0, 0.05) is 79.6 Å². The number of nitrogens with one attached hydrogen (secondary N) is 2. The van der Waals surface area contributed by atoms with E-state index in [2.05, 4.69) is 37.4 Å². The molecule has 6 N–H and O–H groups in total. The van der Waals surface area contributed by atoms with Crippen LogP contribution >= 0.6 is 7.82 Å². The summed E-state index contributed by atoms with van der Waals surface area (Å²) in [6.45, 7) is 4.84. The number of pyridine rings is 1. The van der Waals surface area contributed by atoms with Crippen molar-refractivity contribution in [2.75, 3.05) is 54.5 Å². The third-order valence-electron chi connectivity index (χ3n) is 11.2. The average Bonchev–Trinajstić information content (AvgIpc) is 3.78. The Morgan fingerprint density at radius 3 is 2.59 bits per heavy atom. The first-order valence-corrected chi connectivity index (χ1v) is 24.5. The highest BCUT2D eigenvalue weighted by atomic mass is 32.2. The zero-order chi connectivity index (χ0) is 45.4. The highest BCUT2D eigenvalue weighted by molar-refractivity contribution is 7.85. The maximum absolute atomic E-state index is 13.0. The lowest BCUT2D eigenvalue weighted by molar-refractivity contribution is -0.696. The molecule has 0 aliphatic carbocycles. The molecule has 0 spiro atoms. The summed E-state index contributed by atoms with van der Waals surface area (Å²) in [7, 11) is -8.58. The van der Waals surface area contributed by atoms with Gasteiger partial charge in [-0.15, -0.1) is 0 Å². The number of aryl methyl sites for hydroxylation is 1. The number of aliphatic hydroxyl groups excluding tert-OH is 1. The summed E-state index contributed by atoms with van der Waals surface area (Å²) in [5.41, 5.74) is 8.71. The van der Waals surface area contributed by atoms with Crippen LogP contribution in [0.4, 0.5) is 17.5 Å². The summed E-state index contributed by atoms with van der Waals surface area (Å²) in [6.07, 6.45) is 7.06. The van der Waals surface area contributed by atoms with Crippen molar-refractivity contribution in [3.05, 3.63) is 65.5 Å². The molecule has 1 amide bonds. The Hall–Kier alpha value is -5.06. The van der Waals surface area contributed by atoms with Gasteiger partial charge in [0.25, 0.3) is 0 Å². The van der Waals surface area contributed by atoms with Crippen LogP contribution in [-0.4, -0.2) is 105 Å². The van der Waals surface area contributed by atoms with Crippen LogP contribution in [0.15, 0.2) is 64.3 Å². The predicted octanol–water partition coefficient (Wildman–Crippen LogP) is 3.35. The van der Waals surface area contributed by atoms with Gasteiger partial charge in [-0.3, -0.25) is 18.4 Å². The molecule has 4 aromatic heterocycles. The zero-order valence-electron chi connectivity index (χ0n) is 35.4. The Balaban J connectivity index is 0.787. The number of aliphatic hydroxyl groups is 1. The van der Waals surface area contributed by atoms with E-state index in [4.69, 9.17) is 23.9 Å². The molecule has 2 aliphatic rings. The topological polar surface area (TPSA) is 290 Å². The van der Waals surface area contributed by atoms with Crippen molar-refractivity contribution in [2.45, 2.75) is 95.8 Å². The number of hydrogen-bond acceptors (Lipinski definition) is 17. The van der Waals surface area contributed by atoms with Crippen LogP contribution in [0.2, 0.25) is 0 Å². The summed E-state index contributed by atoms with van der Waals surface area (Å²) < 4.78 is 69.7. The zero-order valence-corrected chi connectivity index (χ0v) is 37.1. The molecule has 346 valence electrons. The van der Waals surface area contributed by atoms with Crippen molar-refractivity contribution in [1.82, 2.24) is 24.8 Å². The molecule has 5 aromatic rings. The quantitative estimate of drug-likeness (QED) is 0.0219. The van der Waals surface area contributed by atoms with Crippen molar-refractivity contribution in [2.24, 2.45) is 0 Å². The van der Waals surface area contributed by atoms with Gasteiger partial charge in [0.1, 0.15) is 36.8 Å². The fourth-order valence-electron chi connectivity index (χ4n) is 7.90. The summed E-state index contributed by atoms with van der Waals surface area (Å²) in [4.78, 5) is 50.4. The summed E-state index contributed by atoms with van der Waals surface area (Å²) in [5.74, 6) is 0.0694. The molecule has 1 aromatic carbocycles. The molecule has 1 unspecified atom stereocenters. The first kappa shape index (κ1) is 46.9. The largest absolute Gasteiger partial charge is 0.748 e. The number of amides is 1. The number of unbranched alkanes of at least 4 members (excludes halogenated alkanes) is 5. The third-order valence-corrected chi connectivity index (χ3v) is 13.0. The van der Waals surface area contributed by atoms with E-state index in [1.807, 2.05) is 18.2 Å². The fraction of sp³-hybridized carbons (Fsp3) is 0.512. The van der Waals surface area contributed by atoms with Crippen molar-refractivity contribution in [3.63, 3.8) is 0 Å². The number of carbonyl (C=O) groups excluding carboxylic acids is 1. The second-order valence-electron chi connectivity index (χ2n) is 15.8. The molecule has 64 heavy (non-hydrogen) atoms. The minimum atomic E-state index is -4.31. The molecule has 6 heterocycles. The van der Waals surface area contributed by atoms with Crippen molar-refractivity contribution in [3.8, 4) is 11.1 Å². The third kappa shape index (κ3) is 11.8. The van der Waals surface area contributed by atoms with E-state index >= 15 is 0 Å². The van der Waals surface area contributed by atoms with E-state index in [0.29, 0.717) is 59.9 Å². The number of fused-ring (bicyclic) bond motifs is 3. The fourth-order valence-corrected chi connectivity index (χ4v) is 9.35. The highest BCUT2D eigenvalue weighted by Crippen LogP contribution is 2.53. The van der Waals surface area contributed by atoms with Gasteiger partial charge in [-0.25, -0.2) is 37.3 Å². The lowest BCUT2D eigenvalue weighted by atomic mass is 10.1. The standard InChI is InChI=1S/C41H54N9O12PS/c1-2-49(29-13-12-28-23-30(40(53)61-31(28)24-29)27-14-20-48(21-15-27)18-10-22-64(56,57)58)19-9-5-6-11-33(51)43-16-7-3-4-8-17-44-41-47-34-37(42)45-26-46-38(34)50(41)39-35(52)36-32(60-39)25-59-63(54,55)62-36/h12-15,20-21,23-24,26,32,35-36,39,52H,2-11,16-19,22,25H2,1H3,(H5-,42,43,44,45,46,47,51,54,55,56,57,58)/t32-,35-,36-,39-/m1/s1. The Kier molecular flexibility index (Phi) is 15.3. The Labute approximate surface area is 369 Å². The molecule has 5 atom stereocenters. The minimum Gasteiger partial charge on any atom is -0.748 e. The van der Waals surface area contributed by atoms with Gasteiger partial charge in [-0.1, -0.05) is 19.3 Å². The van der Waals surface area contributed by atoms with Gasteiger partial charge in [0.2, 0.25) is 11.9 Å². The number of carbonyl (C=O) groups is 1. The van der Waals surface area contributed by atoms with E-state index in [1.54, 1.807) is 39.7 Å². The average molecular weight is 928 g/mol. The number of anilines is 3. The number of hydrogen-bond donors (Lipinski definition) is 5. The number of imidazole rings is 1. The van der Waals surface area contributed by atoms with Crippen LogP contribution in [0.25, 0.3) is 33.3 Å². The molecular weight excluding hydrogens is 874 g/mol. The Morgan fingerprint density at radius 1 is 1.06 bits per heavy atom. The summed E-state index contributed by atoms with van der Waals surface area (Å²) >= 11 is 0. The van der Waals surface area contributed by atoms with E-state index in [9.17, 15) is 37.1 Å². The molecule has 2 aliphatic heterocycles. The maximum atomic E-state index is 13.0. The Morgan fingerprint density at radius 2 is 1.83 bits per heavy atom. The van der Waals surface area contributed by atoms with Crippen LogP contribution in [0.5, 0.6) is 0 Å². The van der Waals surface area contributed by atoms with Gasteiger partial charge >= 0.3 is 13.4 Å². The van der Waals surface area contributed by atoms with Crippen LogP contribution in [0, 0.1) is 0 Å². The van der Waals surface area contributed by atoms with E-state index in [1.165, 1.54) is 6.33 Å².